The fourth-order valence-corrected chi connectivity index (χ4v) is 3.30. The molecule has 3 aromatic rings. The minimum absolute atomic E-state index is 0.0466. The van der Waals surface area contributed by atoms with Crippen LogP contribution < -0.4 is 10.1 Å². The molecule has 6 nitrogen and oxygen atoms in total. The Morgan fingerprint density at radius 1 is 1.13 bits per heavy atom. The van der Waals surface area contributed by atoms with Crippen LogP contribution >= 0.6 is 0 Å². The zero-order valence-electron chi connectivity index (χ0n) is 18.4. The number of carbonyl (C=O) groups excluding carboxylic acids is 1. The lowest BCUT2D eigenvalue weighted by Gasteiger charge is -2.17. The Balaban J connectivity index is 1.50. The Morgan fingerprint density at radius 2 is 1.87 bits per heavy atom. The summed E-state index contributed by atoms with van der Waals surface area (Å²) >= 11 is 0. The first-order chi connectivity index (χ1) is 15.0. The fourth-order valence-electron chi connectivity index (χ4n) is 3.30. The standard InChI is InChI=1S/C25H30N2O4/c1-4-29-23(17-26-19(3)28)16-20-10-12-22(13-11-20)30-15-14-24-18(2)31-25(27-24)21-8-6-5-7-9-21/h5-13,23H,4,14-17H2,1-3H3,(H,26,28)/t23-/m0/s1. The molecule has 0 spiro atoms. The second-order valence-corrected chi connectivity index (χ2v) is 7.35. The van der Waals surface area contributed by atoms with Gasteiger partial charge in [-0.3, -0.25) is 4.79 Å². The third kappa shape index (κ3) is 6.96. The molecule has 1 heterocycles. The molecule has 2 aromatic carbocycles. The molecule has 0 aliphatic carbocycles. The maximum atomic E-state index is 11.2. The van der Waals surface area contributed by atoms with Gasteiger partial charge < -0.3 is 19.2 Å². The number of oxazole rings is 1. The molecule has 31 heavy (non-hydrogen) atoms. The van der Waals surface area contributed by atoms with Crippen molar-refractivity contribution in [2.24, 2.45) is 0 Å². The van der Waals surface area contributed by atoms with Crippen molar-refractivity contribution in [3.05, 3.63) is 71.6 Å². The maximum absolute atomic E-state index is 11.2. The first-order valence-corrected chi connectivity index (χ1v) is 10.6. The monoisotopic (exact) mass is 422 g/mol. The molecule has 1 amide bonds. The second-order valence-electron chi connectivity index (χ2n) is 7.35. The number of carbonyl (C=O) groups is 1. The fraction of sp³-hybridized carbons (Fsp3) is 0.360. The highest BCUT2D eigenvalue weighted by atomic mass is 16.5. The average molecular weight is 423 g/mol. The summed E-state index contributed by atoms with van der Waals surface area (Å²) in [6.45, 7) is 7.03. The van der Waals surface area contributed by atoms with Crippen molar-refractivity contribution in [2.75, 3.05) is 19.8 Å². The summed E-state index contributed by atoms with van der Waals surface area (Å²) < 4.78 is 17.4. The number of hydrogen-bond acceptors (Lipinski definition) is 5. The van der Waals surface area contributed by atoms with Crippen molar-refractivity contribution in [2.45, 2.75) is 39.7 Å². The molecule has 0 bridgehead atoms. The molecule has 0 radical (unpaired) electrons. The van der Waals surface area contributed by atoms with Gasteiger partial charge in [0.05, 0.1) is 18.4 Å². The lowest BCUT2D eigenvalue weighted by Crippen LogP contribution is -2.33. The summed E-state index contributed by atoms with van der Waals surface area (Å²) in [6.07, 6.45) is 1.36. The predicted molar refractivity (Wildman–Crippen MR) is 120 cm³/mol. The Hall–Kier alpha value is -3.12. The van der Waals surface area contributed by atoms with Crippen molar-refractivity contribution >= 4 is 5.91 Å². The molecule has 0 unspecified atom stereocenters. The van der Waals surface area contributed by atoms with E-state index in [1.165, 1.54) is 6.92 Å². The van der Waals surface area contributed by atoms with Crippen LogP contribution in [0, 0.1) is 6.92 Å². The largest absolute Gasteiger partial charge is 0.493 e. The summed E-state index contributed by atoms with van der Waals surface area (Å²) in [4.78, 5) is 15.8. The quantitative estimate of drug-likeness (QED) is 0.497. The Labute approximate surface area is 183 Å². The highest BCUT2D eigenvalue weighted by Gasteiger charge is 2.12. The van der Waals surface area contributed by atoms with E-state index in [2.05, 4.69) is 10.3 Å². The summed E-state index contributed by atoms with van der Waals surface area (Å²) in [5, 5.41) is 2.82. The molecule has 164 valence electrons. The van der Waals surface area contributed by atoms with Crippen LogP contribution in [0.5, 0.6) is 5.75 Å². The van der Waals surface area contributed by atoms with Crippen LogP contribution in [-0.4, -0.2) is 36.8 Å². The van der Waals surface area contributed by atoms with Crippen molar-refractivity contribution in [3.63, 3.8) is 0 Å². The molecule has 0 saturated heterocycles. The number of benzene rings is 2. The number of amides is 1. The number of nitrogens with one attached hydrogen (secondary N) is 1. The van der Waals surface area contributed by atoms with Gasteiger partial charge >= 0.3 is 0 Å². The normalized spacial score (nSPS) is 11.8. The molecule has 1 N–H and O–H groups in total. The lowest BCUT2D eigenvalue weighted by molar-refractivity contribution is -0.119. The minimum Gasteiger partial charge on any atom is -0.493 e. The van der Waals surface area contributed by atoms with Gasteiger partial charge in [-0.25, -0.2) is 4.98 Å². The number of aromatic nitrogens is 1. The van der Waals surface area contributed by atoms with E-state index in [4.69, 9.17) is 13.9 Å². The van der Waals surface area contributed by atoms with Gasteiger partial charge in [0.25, 0.3) is 0 Å². The van der Waals surface area contributed by atoms with E-state index < -0.39 is 0 Å². The molecule has 1 aromatic heterocycles. The summed E-state index contributed by atoms with van der Waals surface area (Å²) in [6, 6.07) is 17.9. The van der Waals surface area contributed by atoms with Crippen molar-refractivity contribution in [1.29, 1.82) is 0 Å². The predicted octanol–water partition coefficient (Wildman–Crippen LogP) is 4.36. The van der Waals surface area contributed by atoms with E-state index in [0.717, 1.165) is 34.8 Å². The smallest absolute Gasteiger partial charge is 0.226 e. The van der Waals surface area contributed by atoms with Crippen LogP contribution in [0.15, 0.2) is 59.0 Å². The number of hydrogen-bond donors (Lipinski definition) is 1. The van der Waals surface area contributed by atoms with Gasteiger partial charge in [0, 0.05) is 38.5 Å². The third-order valence-electron chi connectivity index (χ3n) is 4.89. The Bertz CT molecular complexity index is 951. The molecule has 3 rings (SSSR count). The van der Waals surface area contributed by atoms with Gasteiger partial charge in [-0.15, -0.1) is 0 Å². The van der Waals surface area contributed by atoms with Gasteiger partial charge in [-0.1, -0.05) is 30.3 Å². The minimum atomic E-state index is -0.0494. The number of rotatable bonds is 11. The van der Waals surface area contributed by atoms with Gasteiger partial charge in [0.1, 0.15) is 11.5 Å². The first kappa shape index (κ1) is 22.6. The molecule has 0 aliphatic heterocycles. The molecule has 1 atom stereocenters. The molecular weight excluding hydrogens is 392 g/mol. The Kier molecular flexibility index (Phi) is 8.24. The Morgan fingerprint density at radius 3 is 2.55 bits per heavy atom. The summed E-state index contributed by atoms with van der Waals surface area (Å²) in [7, 11) is 0. The molecule has 0 saturated carbocycles. The zero-order valence-corrected chi connectivity index (χ0v) is 18.4. The second kappa shape index (κ2) is 11.3. The van der Waals surface area contributed by atoms with E-state index in [9.17, 15) is 4.79 Å². The molecule has 0 fully saturated rings. The molecular formula is C25H30N2O4. The highest BCUT2D eigenvalue weighted by Crippen LogP contribution is 2.22. The first-order valence-electron chi connectivity index (χ1n) is 10.6. The van der Waals surface area contributed by atoms with Gasteiger partial charge in [-0.05, 0) is 43.7 Å². The van der Waals surface area contributed by atoms with E-state index in [0.29, 0.717) is 32.1 Å². The van der Waals surface area contributed by atoms with E-state index >= 15 is 0 Å². The highest BCUT2D eigenvalue weighted by molar-refractivity contribution is 5.72. The SMILES string of the molecule is CCO[C@H](CNC(C)=O)Cc1ccc(OCCc2nc(-c3ccccc3)oc2C)cc1. The van der Waals surface area contributed by atoms with E-state index in [1.807, 2.05) is 68.4 Å². The number of aryl methyl sites for hydroxylation is 1. The molecule has 6 heteroatoms. The molecule has 0 aliphatic rings. The average Bonchev–Trinajstić information content (AvgIpc) is 3.14. The van der Waals surface area contributed by atoms with Crippen LogP contribution in [0.2, 0.25) is 0 Å². The summed E-state index contributed by atoms with van der Waals surface area (Å²) in [5.74, 6) is 2.22. The van der Waals surface area contributed by atoms with Gasteiger partial charge in [0.2, 0.25) is 11.8 Å². The van der Waals surface area contributed by atoms with Gasteiger partial charge in [0.15, 0.2) is 0 Å². The third-order valence-corrected chi connectivity index (χ3v) is 4.89. The lowest BCUT2D eigenvalue weighted by atomic mass is 10.1. The van der Waals surface area contributed by atoms with E-state index in [-0.39, 0.29) is 12.0 Å². The van der Waals surface area contributed by atoms with Gasteiger partial charge in [-0.2, -0.15) is 0 Å². The van der Waals surface area contributed by atoms with Crippen LogP contribution in [0.4, 0.5) is 0 Å². The van der Waals surface area contributed by atoms with Crippen LogP contribution in [-0.2, 0) is 22.4 Å². The maximum Gasteiger partial charge on any atom is 0.226 e. The number of ether oxygens (including phenoxy) is 2. The summed E-state index contributed by atoms with van der Waals surface area (Å²) in [5.41, 5.74) is 3.02. The number of nitrogens with zero attached hydrogens (tertiary/aromatic N) is 1. The van der Waals surface area contributed by atoms with Crippen LogP contribution in [0.3, 0.4) is 0 Å². The van der Waals surface area contributed by atoms with Crippen molar-refractivity contribution in [3.8, 4) is 17.2 Å². The topological polar surface area (TPSA) is 73.6 Å². The van der Waals surface area contributed by atoms with Crippen molar-refractivity contribution in [1.82, 2.24) is 10.3 Å². The van der Waals surface area contributed by atoms with Crippen LogP contribution in [0.25, 0.3) is 11.5 Å². The van der Waals surface area contributed by atoms with Crippen molar-refractivity contribution < 1.29 is 18.7 Å². The van der Waals surface area contributed by atoms with E-state index in [1.54, 1.807) is 0 Å². The zero-order chi connectivity index (χ0) is 22.1. The van der Waals surface area contributed by atoms with Crippen LogP contribution in [0.1, 0.15) is 30.9 Å².